The average molecular weight is 693 g/mol. The van der Waals surface area contributed by atoms with Crippen LogP contribution in [0.5, 0.6) is 0 Å². The number of rotatable bonds is 12. The van der Waals surface area contributed by atoms with Gasteiger partial charge in [-0.2, -0.15) is 0 Å². The van der Waals surface area contributed by atoms with Gasteiger partial charge in [-0.1, -0.05) is 78.0 Å². The molecule has 4 atom stereocenters. The van der Waals surface area contributed by atoms with Gasteiger partial charge in [0.25, 0.3) is 0 Å². The maximum absolute atomic E-state index is 13.7. The van der Waals surface area contributed by atoms with E-state index in [1.54, 1.807) is 23.5 Å². The van der Waals surface area contributed by atoms with E-state index in [2.05, 4.69) is 110 Å². The van der Waals surface area contributed by atoms with Gasteiger partial charge < -0.3 is 13.6 Å². The first-order valence-electron chi connectivity index (χ1n) is 17.0. The molecule has 1 aromatic heterocycles. The standard InChI is InChI=1S/C39H56O5SSi2/c1-38(2,3)46(8,9)43-31(24-28-14-16-29-22-23-45-36(29)25-28)19-21-33-32(20-15-27-12-17-30(18-13-27)37(41)42-7)34(40)26-35(33)44-47(10,11)39(4,5)6/h12-14,16-19,21-23,25,31-33,35H,15,20,24,26H2,1-11H3/t31?,32-,33+,35-/m1/s1. The number of ether oxygens (including phenoxy) is 1. The van der Waals surface area contributed by atoms with Gasteiger partial charge in [-0.15, -0.1) is 11.3 Å². The SMILES string of the molecule is COC(=O)c1ccc(CC[C@H]2C(=O)C[C@@H](O[Si](C)(C)C(C)(C)C)[C@H]2C=CC(Cc2ccc3ccsc3c2)O[Si](C)(C)C(C)(C)C)cc1. The predicted molar refractivity (Wildman–Crippen MR) is 202 cm³/mol. The Bertz CT molecular complexity index is 1560. The van der Waals surface area contributed by atoms with Crippen LogP contribution in [0.1, 0.15) is 75.9 Å². The van der Waals surface area contributed by atoms with Crippen LogP contribution in [0.15, 0.2) is 66.1 Å². The van der Waals surface area contributed by atoms with Crippen LogP contribution in [-0.2, 0) is 31.2 Å². The molecule has 2 aromatic carbocycles. The molecular weight excluding hydrogens is 637 g/mol. The molecule has 47 heavy (non-hydrogen) atoms. The van der Waals surface area contributed by atoms with Gasteiger partial charge in [0, 0.05) is 29.4 Å². The van der Waals surface area contributed by atoms with Gasteiger partial charge in [-0.3, -0.25) is 4.79 Å². The summed E-state index contributed by atoms with van der Waals surface area (Å²) < 4.78 is 20.2. The highest BCUT2D eigenvalue weighted by atomic mass is 32.1. The van der Waals surface area contributed by atoms with Crippen LogP contribution in [0.3, 0.4) is 0 Å². The van der Waals surface area contributed by atoms with E-state index < -0.39 is 16.6 Å². The number of Topliss-reactive ketones (excluding diaryl/α,β-unsaturated/α-hetero) is 1. The van der Waals surface area contributed by atoms with Gasteiger partial charge in [-0.05, 0) is 95.3 Å². The minimum Gasteiger partial charge on any atom is -0.465 e. The lowest BCUT2D eigenvalue weighted by molar-refractivity contribution is -0.121. The van der Waals surface area contributed by atoms with E-state index >= 15 is 0 Å². The number of hydrogen-bond donors (Lipinski definition) is 0. The summed E-state index contributed by atoms with van der Waals surface area (Å²) in [7, 11) is -2.84. The lowest BCUT2D eigenvalue weighted by atomic mass is 9.88. The molecule has 1 aliphatic rings. The number of esters is 1. The fourth-order valence-corrected chi connectivity index (χ4v) is 9.28. The summed E-state index contributed by atoms with van der Waals surface area (Å²) in [6, 6.07) is 16.4. The Balaban J connectivity index is 1.65. The lowest BCUT2D eigenvalue weighted by Gasteiger charge is -2.40. The molecule has 0 amide bonds. The summed E-state index contributed by atoms with van der Waals surface area (Å²) in [5.41, 5.74) is 2.89. The van der Waals surface area contributed by atoms with Crippen LogP contribution in [0.25, 0.3) is 10.1 Å². The number of benzene rings is 2. The molecule has 0 aliphatic heterocycles. The molecule has 0 saturated heterocycles. The molecule has 0 spiro atoms. The molecule has 5 nitrogen and oxygen atoms in total. The van der Waals surface area contributed by atoms with Gasteiger partial charge in [0.2, 0.25) is 0 Å². The molecule has 3 aromatic rings. The first kappa shape index (κ1) is 37.5. The third kappa shape index (κ3) is 9.21. The highest BCUT2D eigenvalue weighted by Gasteiger charge is 2.47. The molecular formula is C39H56O5SSi2. The average Bonchev–Trinajstić information content (AvgIpc) is 3.56. The molecule has 1 saturated carbocycles. The molecule has 1 fully saturated rings. The zero-order chi connectivity index (χ0) is 34.8. The van der Waals surface area contributed by atoms with Crippen molar-refractivity contribution in [1.29, 1.82) is 0 Å². The van der Waals surface area contributed by atoms with Crippen molar-refractivity contribution >= 4 is 49.8 Å². The maximum Gasteiger partial charge on any atom is 0.337 e. The van der Waals surface area contributed by atoms with Crippen LogP contribution < -0.4 is 0 Å². The number of thiophene rings is 1. The Kier molecular flexibility index (Phi) is 11.7. The lowest BCUT2D eigenvalue weighted by Crippen LogP contribution is -2.45. The van der Waals surface area contributed by atoms with Crippen molar-refractivity contribution in [3.63, 3.8) is 0 Å². The molecule has 0 radical (unpaired) electrons. The minimum atomic E-state index is -2.13. The van der Waals surface area contributed by atoms with E-state index in [0.29, 0.717) is 12.0 Å². The van der Waals surface area contributed by atoms with E-state index in [-0.39, 0.29) is 45.9 Å². The number of carbonyl (C=O) groups is 2. The van der Waals surface area contributed by atoms with Crippen LogP contribution in [0.4, 0.5) is 0 Å². The molecule has 1 heterocycles. The van der Waals surface area contributed by atoms with Crippen LogP contribution in [0.2, 0.25) is 36.3 Å². The van der Waals surface area contributed by atoms with E-state index in [1.807, 2.05) is 12.1 Å². The highest BCUT2D eigenvalue weighted by molar-refractivity contribution is 7.17. The van der Waals surface area contributed by atoms with Crippen molar-refractivity contribution in [2.45, 2.75) is 116 Å². The number of methoxy groups -OCH3 is 1. The van der Waals surface area contributed by atoms with Gasteiger partial charge in [0.05, 0.1) is 24.9 Å². The van der Waals surface area contributed by atoms with Gasteiger partial charge in [0.15, 0.2) is 16.6 Å². The molecule has 0 N–H and O–H groups in total. The first-order valence-corrected chi connectivity index (χ1v) is 23.7. The topological polar surface area (TPSA) is 61.8 Å². The summed E-state index contributed by atoms with van der Waals surface area (Å²) in [5.74, 6) is -0.240. The molecule has 1 unspecified atom stereocenters. The largest absolute Gasteiger partial charge is 0.465 e. The second-order valence-electron chi connectivity index (χ2n) is 16.3. The summed E-state index contributed by atoms with van der Waals surface area (Å²) in [6.45, 7) is 22.8. The molecule has 8 heteroatoms. The molecule has 4 rings (SSSR count). The number of fused-ring (bicyclic) bond motifs is 1. The second kappa shape index (κ2) is 14.6. The van der Waals surface area contributed by atoms with E-state index in [1.165, 1.54) is 22.8 Å². The number of ketones is 1. The maximum atomic E-state index is 13.7. The summed E-state index contributed by atoms with van der Waals surface area (Å²) in [4.78, 5) is 25.7. The zero-order valence-corrected chi connectivity index (χ0v) is 33.3. The summed E-state index contributed by atoms with van der Waals surface area (Å²) in [6.07, 6.45) is 6.97. The van der Waals surface area contributed by atoms with Crippen molar-refractivity contribution in [2.75, 3.05) is 7.11 Å². The van der Waals surface area contributed by atoms with Crippen molar-refractivity contribution in [3.05, 3.63) is 82.8 Å². The summed E-state index contributed by atoms with van der Waals surface area (Å²) in [5, 5.41) is 3.53. The number of aryl methyl sites for hydroxylation is 1. The monoisotopic (exact) mass is 692 g/mol. The van der Waals surface area contributed by atoms with Crippen molar-refractivity contribution in [2.24, 2.45) is 11.8 Å². The molecule has 0 bridgehead atoms. The van der Waals surface area contributed by atoms with E-state index in [4.69, 9.17) is 13.6 Å². The smallest absolute Gasteiger partial charge is 0.337 e. The van der Waals surface area contributed by atoms with Crippen molar-refractivity contribution in [3.8, 4) is 0 Å². The Hall–Kier alpha value is -2.37. The van der Waals surface area contributed by atoms with Crippen molar-refractivity contribution < 1.29 is 23.2 Å². The normalized spacial score (nSPS) is 20.3. The molecule has 256 valence electrons. The minimum absolute atomic E-state index is 0.0312. The Morgan fingerprint density at radius 2 is 1.57 bits per heavy atom. The molecule has 1 aliphatic carbocycles. The quantitative estimate of drug-likeness (QED) is 0.107. The number of carbonyl (C=O) groups excluding carboxylic acids is 2. The zero-order valence-electron chi connectivity index (χ0n) is 30.4. The number of hydrogen-bond acceptors (Lipinski definition) is 6. The van der Waals surface area contributed by atoms with E-state index in [0.717, 1.165) is 24.8 Å². The van der Waals surface area contributed by atoms with Gasteiger partial charge in [0.1, 0.15) is 5.78 Å². The Morgan fingerprint density at radius 1 is 0.936 bits per heavy atom. The fraction of sp³-hybridized carbons (Fsp3) is 0.538. The predicted octanol–water partition coefficient (Wildman–Crippen LogP) is 10.4. The van der Waals surface area contributed by atoms with Gasteiger partial charge >= 0.3 is 5.97 Å². The van der Waals surface area contributed by atoms with E-state index in [9.17, 15) is 9.59 Å². The Morgan fingerprint density at radius 3 is 2.19 bits per heavy atom. The van der Waals surface area contributed by atoms with Crippen LogP contribution in [-0.4, -0.2) is 47.7 Å². The fourth-order valence-electron chi connectivity index (χ4n) is 5.81. The van der Waals surface area contributed by atoms with Gasteiger partial charge in [-0.25, -0.2) is 4.79 Å². The highest BCUT2D eigenvalue weighted by Crippen LogP contribution is 2.43. The third-order valence-corrected chi connectivity index (χ3v) is 20.7. The second-order valence-corrected chi connectivity index (χ2v) is 26.8. The van der Waals surface area contributed by atoms with Crippen LogP contribution >= 0.6 is 11.3 Å². The van der Waals surface area contributed by atoms with Crippen LogP contribution in [0, 0.1) is 11.8 Å². The summed E-state index contributed by atoms with van der Waals surface area (Å²) >= 11 is 1.77. The third-order valence-electron chi connectivity index (χ3n) is 10.8. The Labute approximate surface area is 289 Å². The first-order chi connectivity index (χ1) is 21.8. The van der Waals surface area contributed by atoms with Crippen molar-refractivity contribution in [1.82, 2.24) is 0 Å².